The Morgan fingerprint density at radius 3 is 2.85 bits per heavy atom. The minimum Gasteiger partial charge on any atom is -0.497 e. The molecular weight excluding hydrogens is 254 g/mol. The molecule has 0 fully saturated rings. The summed E-state index contributed by atoms with van der Waals surface area (Å²) in [4.78, 5) is 12.6. The van der Waals surface area contributed by atoms with E-state index in [1.165, 1.54) is 0 Å². The minimum absolute atomic E-state index is 0.121. The van der Waals surface area contributed by atoms with Crippen molar-refractivity contribution in [2.75, 3.05) is 19.5 Å². The van der Waals surface area contributed by atoms with Crippen LogP contribution in [0.15, 0.2) is 36.4 Å². The predicted octanol–water partition coefficient (Wildman–Crippen LogP) is 2.44. The first-order valence-electron chi connectivity index (χ1n) is 6.43. The van der Waals surface area contributed by atoms with Crippen LogP contribution >= 0.6 is 0 Å². The lowest BCUT2D eigenvalue weighted by atomic mass is 9.98. The van der Waals surface area contributed by atoms with Crippen molar-refractivity contribution in [2.45, 2.75) is 6.42 Å². The molecule has 4 nitrogen and oxygen atoms in total. The van der Waals surface area contributed by atoms with Gasteiger partial charge < -0.3 is 15.2 Å². The molecule has 0 amide bonds. The molecule has 0 saturated heterocycles. The Hall–Kier alpha value is -2.49. The first-order valence-corrected chi connectivity index (χ1v) is 6.43. The molecule has 3 rings (SSSR count). The quantitative estimate of drug-likeness (QED) is 0.686. The number of hydrogen-bond acceptors (Lipinski definition) is 4. The number of ether oxygens (including phenoxy) is 2. The van der Waals surface area contributed by atoms with Gasteiger partial charge in [0.1, 0.15) is 11.5 Å². The van der Waals surface area contributed by atoms with Gasteiger partial charge in [-0.15, -0.1) is 0 Å². The van der Waals surface area contributed by atoms with Crippen LogP contribution in [0.5, 0.6) is 11.5 Å². The van der Waals surface area contributed by atoms with Gasteiger partial charge in [0.2, 0.25) is 0 Å². The van der Waals surface area contributed by atoms with E-state index in [2.05, 4.69) is 0 Å². The third kappa shape index (κ3) is 1.99. The highest BCUT2D eigenvalue weighted by Gasteiger charge is 2.22. The second kappa shape index (κ2) is 4.89. The van der Waals surface area contributed by atoms with Crippen LogP contribution in [0.2, 0.25) is 0 Å². The van der Waals surface area contributed by atoms with Crippen LogP contribution < -0.4 is 15.2 Å². The molecule has 0 atom stereocenters. The largest absolute Gasteiger partial charge is 0.497 e. The molecule has 2 aromatic rings. The number of para-hydroxylation sites is 1. The molecule has 2 N–H and O–H groups in total. The van der Waals surface area contributed by atoms with Crippen LogP contribution in [0.25, 0.3) is 0 Å². The van der Waals surface area contributed by atoms with Gasteiger partial charge in [-0.2, -0.15) is 0 Å². The lowest BCUT2D eigenvalue weighted by Gasteiger charge is -2.10. The topological polar surface area (TPSA) is 61.5 Å². The molecule has 1 heterocycles. The smallest absolute Gasteiger partial charge is 0.198 e. The van der Waals surface area contributed by atoms with E-state index in [0.29, 0.717) is 34.9 Å². The van der Waals surface area contributed by atoms with E-state index in [-0.39, 0.29) is 5.78 Å². The van der Waals surface area contributed by atoms with Crippen LogP contribution in [0.4, 0.5) is 5.69 Å². The van der Waals surface area contributed by atoms with E-state index in [1.807, 2.05) is 12.1 Å². The predicted molar refractivity (Wildman–Crippen MR) is 76.5 cm³/mol. The molecule has 1 aliphatic rings. The van der Waals surface area contributed by atoms with E-state index < -0.39 is 0 Å². The number of anilines is 1. The number of benzene rings is 2. The number of ketones is 1. The fraction of sp³-hybridized carbons (Fsp3) is 0.188. The summed E-state index contributed by atoms with van der Waals surface area (Å²) in [6.45, 7) is 0.623. The number of carbonyl (C=O) groups is 1. The van der Waals surface area contributed by atoms with Crippen LogP contribution in [0, 0.1) is 0 Å². The van der Waals surface area contributed by atoms with Gasteiger partial charge in [-0.25, -0.2) is 0 Å². The summed E-state index contributed by atoms with van der Waals surface area (Å²) in [5, 5.41) is 0. The number of nitrogen functional groups attached to an aromatic ring is 1. The van der Waals surface area contributed by atoms with E-state index in [1.54, 1.807) is 31.4 Å². The van der Waals surface area contributed by atoms with Crippen molar-refractivity contribution in [1.82, 2.24) is 0 Å². The van der Waals surface area contributed by atoms with Crippen molar-refractivity contribution in [3.05, 3.63) is 53.1 Å². The monoisotopic (exact) mass is 269 g/mol. The number of methoxy groups -OCH3 is 1. The zero-order chi connectivity index (χ0) is 14.1. The van der Waals surface area contributed by atoms with Crippen LogP contribution in [0.1, 0.15) is 21.5 Å². The normalized spacial score (nSPS) is 12.7. The van der Waals surface area contributed by atoms with E-state index >= 15 is 0 Å². The molecule has 0 bridgehead atoms. The van der Waals surface area contributed by atoms with Gasteiger partial charge in [0.25, 0.3) is 0 Å². The lowest BCUT2D eigenvalue weighted by Crippen LogP contribution is -2.07. The first kappa shape index (κ1) is 12.5. The summed E-state index contributed by atoms with van der Waals surface area (Å²) in [6, 6.07) is 10.7. The molecule has 0 aliphatic carbocycles. The van der Waals surface area contributed by atoms with Crippen molar-refractivity contribution < 1.29 is 14.3 Å². The fourth-order valence-electron chi connectivity index (χ4n) is 2.41. The molecule has 0 unspecified atom stereocenters. The summed E-state index contributed by atoms with van der Waals surface area (Å²) in [5.74, 6) is 1.20. The van der Waals surface area contributed by atoms with Gasteiger partial charge in [0.15, 0.2) is 5.78 Å². The molecule has 0 aromatic heterocycles. The van der Waals surface area contributed by atoms with Gasteiger partial charge in [-0.1, -0.05) is 12.1 Å². The van der Waals surface area contributed by atoms with Crippen molar-refractivity contribution in [3.8, 4) is 11.5 Å². The van der Waals surface area contributed by atoms with Gasteiger partial charge in [0.05, 0.1) is 19.3 Å². The van der Waals surface area contributed by atoms with Gasteiger partial charge in [0, 0.05) is 23.7 Å². The van der Waals surface area contributed by atoms with Crippen LogP contribution in [0.3, 0.4) is 0 Å². The number of hydrogen-bond donors (Lipinski definition) is 1. The number of rotatable bonds is 3. The summed E-state index contributed by atoms with van der Waals surface area (Å²) >= 11 is 0. The van der Waals surface area contributed by atoms with Crippen molar-refractivity contribution in [1.29, 1.82) is 0 Å². The summed E-state index contributed by atoms with van der Waals surface area (Å²) in [7, 11) is 1.56. The van der Waals surface area contributed by atoms with Crippen LogP contribution in [-0.4, -0.2) is 19.5 Å². The fourth-order valence-corrected chi connectivity index (χ4v) is 2.41. The zero-order valence-electron chi connectivity index (χ0n) is 11.2. The lowest BCUT2D eigenvalue weighted by molar-refractivity contribution is 0.103. The Kier molecular flexibility index (Phi) is 3.06. The molecule has 102 valence electrons. The molecule has 1 aliphatic heterocycles. The Morgan fingerprint density at radius 2 is 2.10 bits per heavy atom. The van der Waals surface area contributed by atoms with Crippen molar-refractivity contribution in [2.24, 2.45) is 0 Å². The van der Waals surface area contributed by atoms with E-state index in [9.17, 15) is 4.79 Å². The van der Waals surface area contributed by atoms with E-state index in [0.717, 1.165) is 12.0 Å². The SMILES string of the molecule is COc1ccc(C(=O)c2cccc3c2OCC3)c(N)c1. The third-order valence-corrected chi connectivity index (χ3v) is 3.46. The van der Waals surface area contributed by atoms with Gasteiger partial charge >= 0.3 is 0 Å². The maximum absolute atomic E-state index is 12.6. The summed E-state index contributed by atoms with van der Waals surface area (Å²) in [5.41, 5.74) is 8.45. The summed E-state index contributed by atoms with van der Waals surface area (Å²) in [6.07, 6.45) is 0.842. The zero-order valence-corrected chi connectivity index (χ0v) is 11.2. The average Bonchev–Trinajstić information content (AvgIpc) is 2.94. The maximum Gasteiger partial charge on any atom is 0.198 e. The molecule has 2 aromatic carbocycles. The van der Waals surface area contributed by atoms with Crippen molar-refractivity contribution in [3.63, 3.8) is 0 Å². The highest BCUT2D eigenvalue weighted by Crippen LogP contribution is 2.32. The molecule has 20 heavy (non-hydrogen) atoms. The Labute approximate surface area is 117 Å². The summed E-state index contributed by atoms with van der Waals surface area (Å²) < 4.78 is 10.7. The molecule has 0 radical (unpaired) electrons. The number of carbonyl (C=O) groups excluding carboxylic acids is 1. The standard InChI is InChI=1S/C16H15NO3/c1-19-11-5-6-12(14(17)9-11)15(18)13-4-2-3-10-7-8-20-16(10)13/h2-6,9H,7-8,17H2,1H3. The third-order valence-electron chi connectivity index (χ3n) is 3.46. The highest BCUT2D eigenvalue weighted by atomic mass is 16.5. The van der Waals surface area contributed by atoms with Gasteiger partial charge in [-0.05, 0) is 23.8 Å². The Bertz CT molecular complexity index is 679. The number of nitrogens with two attached hydrogens (primary N) is 1. The number of fused-ring (bicyclic) bond motifs is 1. The van der Waals surface area contributed by atoms with Crippen molar-refractivity contribution >= 4 is 11.5 Å². The average molecular weight is 269 g/mol. The molecular formula is C16H15NO3. The second-order valence-electron chi connectivity index (χ2n) is 4.67. The maximum atomic E-state index is 12.6. The molecule has 0 spiro atoms. The second-order valence-corrected chi connectivity index (χ2v) is 4.67. The Balaban J connectivity index is 2.04. The molecule has 0 saturated carbocycles. The van der Waals surface area contributed by atoms with Gasteiger partial charge in [-0.3, -0.25) is 4.79 Å². The molecule has 4 heteroatoms. The van der Waals surface area contributed by atoms with E-state index in [4.69, 9.17) is 15.2 Å². The Morgan fingerprint density at radius 1 is 1.25 bits per heavy atom. The highest BCUT2D eigenvalue weighted by molar-refractivity contribution is 6.14. The minimum atomic E-state index is -0.121. The van der Waals surface area contributed by atoms with Crippen LogP contribution in [-0.2, 0) is 6.42 Å². The first-order chi connectivity index (χ1) is 9.70.